The summed E-state index contributed by atoms with van der Waals surface area (Å²) in [6.45, 7) is 9.12. The van der Waals surface area contributed by atoms with Crippen LogP contribution >= 0.6 is 0 Å². The number of methoxy groups -OCH3 is 1. The molecule has 0 amide bonds. The Bertz CT molecular complexity index is 556. The van der Waals surface area contributed by atoms with Gasteiger partial charge in [0.1, 0.15) is 11.9 Å². The summed E-state index contributed by atoms with van der Waals surface area (Å²) in [5.74, 6) is 0.589. The van der Waals surface area contributed by atoms with Crippen molar-refractivity contribution in [3.63, 3.8) is 0 Å². The van der Waals surface area contributed by atoms with Crippen LogP contribution in [0.15, 0.2) is 29.3 Å². The predicted octanol–water partition coefficient (Wildman–Crippen LogP) is 3.33. The van der Waals surface area contributed by atoms with E-state index >= 15 is 0 Å². The van der Waals surface area contributed by atoms with Gasteiger partial charge in [-0.1, -0.05) is 25.5 Å². The number of guanidine groups is 1. The van der Waals surface area contributed by atoms with Crippen LogP contribution in [-0.4, -0.2) is 56.7 Å². The molecule has 2 rings (SSSR count). The zero-order valence-corrected chi connectivity index (χ0v) is 17.0. The van der Waals surface area contributed by atoms with E-state index < -0.39 is 0 Å². The first-order chi connectivity index (χ1) is 13.2. The van der Waals surface area contributed by atoms with Crippen molar-refractivity contribution in [1.82, 2.24) is 15.5 Å². The number of nitrogens with one attached hydrogen (secondary N) is 2. The fourth-order valence-electron chi connectivity index (χ4n) is 3.36. The van der Waals surface area contributed by atoms with Crippen molar-refractivity contribution in [2.45, 2.75) is 51.7 Å². The molecular formula is C21H35FN4O. The number of hydrogen-bond donors (Lipinski definition) is 2. The number of ether oxygens (including phenoxy) is 1. The third-order valence-corrected chi connectivity index (χ3v) is 5.04. The molecule has 152 valence electrons. The van der Waals surface area contributed by atoms with Gasteiger partial charge in [-0.2, -0.15) is 0 Å². The van der Waals surface area contributed by atoms with Gasteiger partial charge in [0.15, 0.2) is 5.96 Å². The van der Waals surface area contributed by atoms with Crippen molar-refractivity contribution >= 4 is 5.96 Å². The van der Waals surface area contributed by atoms with Crippen LogP contribution in [0.5, 0.6) is 0 Å². The summed E-state index contributed by atoms with van der Waals surface area (Å²) in [4.78, 5) is 7.27. The first kappa shape index (κ1) is 21.6. The van der Waals surface area contributed by atoms with Crippen LogP contribution in [0.25, 0.3) is 0 Å². The van der Waals surface area contributed by atoms with Crippen LogP contribution in [-0.2, 0) is 4.74 Å². The fourth-order valence-corrected chi connectivity index (χ4v) is 3.36. The molecule has 0 bridgehead atoms. The maximum absolute atomic E-state index is 13.1. The molecule has 1 aliphatic rings. The normalized spacial score (nSPS) is 17.7. The molecule has 6 heteroatoms. The quantitative estimate of drug-likeness (QED) is 0.511. The molecule has 1 saturated heterocycles. The van der Waals surface area contributed by atoms with Gasteiger partial charge in [-0.3, -0.25) is 4.99 Å². The SMILES string of the molecule is CCCCN1CCC(NC(=NCC(OC)c2ccc(F)cc2)NCC)CC1. The first-order valence-corrected chi connectivity index (χ1v) is 10.2. The van der Waals surface area contributed by atoms with Crippen LogP contribution < -0.4 is 10.6 Å². The van der Waals surface area contributed by atoms with Crippen LogP contribution in [0.1, 0.15) is 51.2 Å². The minimum atomic E-state index is -0.239. The average molecular weight is 379 g/mol. The van der Waals surface area contributed by atoms with E-state index in [4.69, 9.17) is 9.73 Å². The molecule has 1 heterocycles. The zero-order valence-electron chi connectivity index (χ0n) is 17.0. The molecule has 0 aromatic heterocycles. The van der Waals surface area contributed by atoms with Gasteiger partial charge >= 0.3 is 0 Å². The Labute approximate surface area is 163 Å². The molecule has 1 unspecified atom stereocenters. The van der Waals surface area contributed by atoms with Gasteiger partial charge in [-0.25, -0.2) is 4.39 Å². The summed E-state index contributed by atoms with van der Waals surface area (Å²) in [6.07, 6.45) is 4.63. The molecule has 1 atom stereocenters. The highest BCUT2D eigenvalue weighted by Crippen LogP contribution is 2.17. The molecule has 0 saturated carbocycles. The van der Waals surface area contributed by atoms with E-state index in [2.05, 4.69) is 29.4 Å². The maximum atomic E-state index is 13.1. The number of likely N-dealkylation sites (tertiary alicyclic amines) is 1. The highest BCUT2D eigenvalue weighted by Gasteiger charge is 2.19. The molecule has 0 spiro atoms. The molecule has 1 aliphatic heterocycles. The Morgan fingerprint density at radius 3 is 2.56 bits per heavy atom. The zero-order chi connectivity index (χ0) is 19.5. The highest BCUT2D eigenvalue weighted by atomic mass is 19.1. The lowest BCUT2D eigenvalue weighted by atomic mass is 10.0. The minimum Gasteiger partial charge on any atom is -0.375 e. The van der Waals surface area contributed by atoms with Gasteiger partial charge < -0.3 is 20.3 Å². The number of hydrogen-bond acceptors (Lipinski definition) is 3. The third-order valence-electron chi connectivity index (χ3n) is 5.04. The summed E-state index contributed by atoms with van der Waals surface area (Å²) >= 11 is 0. The topological polar surface area (TPSA) is 48.9 Å². The van der Waals surface area contributed by atoms with Gasteiger partial charge in [0.2, 0.25) is 0 Å². The molecule has 1 aromatic carbocycles. The maximum Gasteiger partial charge on any atom is 0.191 e. The van der Waals surface area contributed by atoms with Gasteiger partial charge in [0.05, 0.1) is 6.54 Å². The Balaban J connectivity index is 1.88. The molecule has 0 radical (unpaired) electrons. The van der Waals surface area contributed by atoms with Crippen LogP contribution in [0, 0.1) is 5.82 Å². The second kappa shape index (κ2) is 11.9. The standard InChI is InChI=1S/C21H35FN4O/c1-4-6-13-26-14-11-19(12-15-26)25-21(23-5-2)24-16-20(27-3)17-7-9-18(22)10-8-17/h7-10,19-20H,4-6,11-16H2,1-3H3,(H2,23,24,25). The van der Waals surface area contributed by atoms with E-state index in [0.717, 1.165) is 44.0 Å². The first-order valence-electron chi connectivity index (χ1n) is 10.2. The molecule has 2 N–H and O–H groups in total. The van der Waals surface area contributed by atoms with Gasteiger partial charge in [-0.15, -0.1) is 0 Å². The predicted molar refractivity (Wildman–Crippen MR) is 110 cm³/mol. The monoisotopic (exact) mass is 378 g/mol. The molecule has 5 nitrogen and oxygen atoms in total. The molecule has 27 heavy (non-hydrogen) atoms. The number of nitrogens with zero attached hydrogens (tertiary/aromatic N) is 2. The van der Waals surface area contributed by atoms with Crippen LogP contribution in [0.2, 0.25) is 0 Å². The number of piperidine rings is 1. The van der Waals surface area contributed by atoms with Crippen LogP contribution in [0.3, 0.4) is 0 Å². The lowest BCUT2D eigenvalue weighted by Crippen LogP contribution is -2.48. The highest BCUT2D eigenvalue weighted by molar-refractivity contribution is 5.80. The Kier molecular flexibility index (Phi) is 9.56. The van der Waals surface area contributed by atoms with Crippen LogP contribution in [0.4, 0.5) is 4.39 Å². The van der Waals surface area contributed by atoms with E-state index in [1.165, 1.54) is 31.5 Å². The van der Waals surface area contributed by atoms with E-state index in [0.29, 0.717) is 12.6 Å². The van der Waals surface area contributed by atoms with Crippen molar-refractivity contribution in [3.05, 3.63) is 35.6 Å². The van der Waals surface area contributed by atoms with Crippen molar-refractivity contribution in [3.8, 4) is 0 Å². The number of aliphatic imine (C=N–C) groups is 1. The molecule has 0 aliphatic carbocycles. The lowest BCUT2D eigenvalue weighted by molar-refractivity contribution is 0.110. The second-order valence-corrected chi connectivity index (χ2v) is 7.11. The fraction of sp³-hybridized carbons (Fsp3) is 0.667. The van der Waals surface area contributed by atoms with E-state index in [-0.39, 0.29) is 11.9 Å². The minimum absolute atomic E-state index is 0.183. The summed E-state index contributed by atoms with van der Waals surface area (Å²) in [5, 5.41) is 6.90. The lowest BCUT2D eigenvalue weighted by Gasteiger charge is -2.33. The van der Waals surface area contributed by atoms with Gasteiger partial charge in [0, 0.05) is 32.8 Å². The molecule has 1 fully saturated rings. The van der Waals surface area contributed by atoms with Crippen molar-refractivity contribution < 1.29 is 9.13 Å². The Morgan fingerprint density at radius 2 is 1.96 bits per heavy atom. The number of rotatable bonds is 9. The second-order valence-electron chi connectivity index (χ2n) is 7.11. The number of unbranched alkanes of at least 4 members (excludes halogenated alkanes) is 1. The van der Waals surface area contributed by atoms with Gasteiger partial charge in [-0.05, 0) is 50.4 Å². The Morgan fingerprint density at radius 1 is 1.26 bits per heavy atom. The summed E-state index contributed by atoms with van der Waals surface area (Å²) < 4.78 is 18.7. The third kappa shape index (κ3) is 7.46. The smallest absolute Gasteiger partial charge is 0.191 e. The van der Waals surface area contributed by atoms with Crippen molar-refractivity contribution in [2.75, 3.05) is 39.8 Å². The summed E-state index contributed by atoms with van der Waals surface area (Å²) in [7, 11) is 1.66. The summed E-state index contributed by atoms with van der Waals surface area (Å²) in [5.41, 5.74) is 0.933. The summed E-state index contributed by atoms with van der Waals surface area (Å²) in [6, 6.07) is 6.88. The van der Waals surface area contributed by atoms with Crippen molar-refractivity contribution in [2.24, 2.45) is 4.99 Å². The number of benzene rings is 1. The number of halogens is 1. The Hall–Kier alpha value is -1.66. The van der Waals surface area contributed by atoms with Gasteiger partial charge in [0.25, 0.3) is 0 Å². The van der Waals surface area contributed by atoms with Crippen molar-refractivity contribution in [1.29, 1.82) is 0 Å². The molecular weight excluding hydrogens is 343 g/mol. The van der Waals surface area contributed by atoms with E-state index in [1.807, 2.05) is 0 Å². The average Bonchev–Trinajstić information content (AvgIpc) is 2.69. The molecule has 1 aromatic rings. The van der Waals surface area contributed by atoms with E-state index in [9.17, 15) is 4.39 Å². The van der Waals surface area contributed by atoms with E-state index in [1.54, 1.807) is 19.2 Å². The largest absolute Gasteiger partial charge is 0.375 e.